The van der Waals surface area contributed by atoms with Gasteiger partial charge in [-0.25, -0.2) is 14.4 Å². The highest BCUT2D eigenvalue weighted by molar-refractivity contribution is 5.90. The summed E-state index contributed by atoms with van der Waals surface area (Å²) in [5.41, 5.74) is -0.272. The fraction of sp³-hybridized carbons (Fsp3) is 0.474. The number of esters is 1. The first kappa shape index (κ1) is 27.1. The molecule has 1 heterocycles. The van der Waals surface area contributed by atoms with E-state index in [1.54, 1.807) is 0 Å². The number of carbonyl (C=O) groups is 4. The van der Waals surface area contributed by atoms with Gasteiger partial charge in [0.25, 0.3) is 0 Å². The first-order chi connectivity index (χ1) is 15.9. The van der Waals surface area contributed by atoms with Gasteiger partial charge < -0.3 is 59.9 Å². The van der Waals surface area contributed by atoms with E-state index in [2.05, 4.69) is 0 Å². The van der Waals surface area contributed by atoms with Gasteiger partial charge in [0.15, 0.2) is 24.6 Å². The highest BCUT2D eigenvalue weighted by Gasteiger charge is 2.48. The Morgan fingerprint density at radius 1 is 0.941 bits per heavy atom. The number of ether oxygens (including phenoxy) is 3. The molecule has 8 N–H and O–H groups in total. The maximum Gasteiger partial charge on any atom is 0.338 e. The molecule has 2 rings (SSSR count). The lowest BCUT2D eigenvalue weighted by Crippen LogP contribution is -2.61. The largest absolute Gasteiger partial charge is 0.479 e. The Bertz CT molecular complexity index is 886. The SMILES string of the molecule is O=CC(O)C(O)C(OC(=O)c1ccc(OC2OC(C(=O)O)C(O)C(O)C2O)cc1)C(O)C(=O)O. The number of aliphatic hydroxyl groups excluding tert-OH is 6. The van der Waals surface area contributed by atoms with Crippen molar-refractivity contribution in [2.45, 2.75) is 55.1 Å². The fourth-order valence-electron chi connectivity index (χ4n) is 2.88. The predicted molar refractivity (Wildman–Crippen MR) is 102 cm³/mol. The van der Waals surface area contributed by atoms with Gasteiger partial charge >= 0.3 is 17.9 Å². The van der Waals surface area contributed by atoms with Crippen molar-refractivity contribution in [3.8, 4) is 5.75 Å². The van der Waals surface area contributed by atoms with Crippen molar-refractivity contribution in [3.05, 3.63) is 29.8 Å². The molecule has 1 aromatic rings. The molecule has 0 amide bonds. The Morgan fingerprint density at radius 2 is 1.53 bits per heavy atom. The maximum atomic E-state index is 12.3. The fourth-order valence-corrected chi connectivity index (χ4v) is 2.88. The topological polar surface area (TPSA) is 258 Å². The molecular weight excluding hydrogens is 468 g/mol. The summed E-state index contributed by atoms with van der Waals surface area (Å²) in [5, 5.41) is 76.2. The molecule has 1 aliphatic rings. The van der Waals surface area contributed by atoms with E-state index in [4.69, 9.17) is 24.4 Å². The second kappa shape index (κ2) is 11.3. The molecule has 0 radical (unpaired) electrons. The van der Waals surface area contributed by atoms with Gasteiger partial charge in [0.05, 0.1) is 5.56 Å². The molecule has 0 aromatic heterocycles. The molecule has 15 heteroatoms. The summed E-state index contributed by atoms with van der Waals surface area (Å²) >= 11 is 0. The smallest absolute Gasteiger partial charge is 0.338 e. The number of hydrogen-bond donors (Lipinski definition) is 8. The van der Waals surface area contributed by atoms with Gasteiger partial charge in [-0.1, -0.05) is 0 Å². The summed E-state index contributed by atoms with van der Waals surface area (Å²) in [7, 11) is 0. The quantitative estimate of drug-likeness (QED) is 0.114. The van der Waals surface area contributed by atoms with Gasteiger partial charge in [0.2, 0.25) is 6.29 Å². The number of benzene rings is 1. The highest BCUT2D eigenvalue weighted by Crippen LogP contribution is 2.25. The van der Waals surface area contributed by atoms with Crippen LogP contribution in [0.4, 0.5) is 0 Å². The van der Waals surface area contributed by atoms with Crippen LogP contribution in [-0.4, -0.2) is 120 Å². The Labute approximate surface area is 190 Å². The molecule has 0 spiro atoms. The second-order valence-corrected chi connectivity index (χ2v) is 7.15. The van der Waals surface area contributed by atoms with E-state index in [9.17, 15) is 49.8 Å². The van der Waals surface area contributed by atoms with Crippen molar-refractivity contribution in [3.63, 3.8) is 0 Å². The van der Waals surface area contributed by atoms with Gasteiger partial charge in [0, 0.05) is 0 Å². The molecule has 34 heavy (non-hydrogen) atoms. The monoisotopic (exact) mass is 490 g/mol. The molecule has 9 unspecified atom stereocenters. The van der Waals surface area contributed by atoms with Crippen LogP contribution in [-0.2, 0) is 23.9 Å². The van der Waals surface area contributed by atoms with Crippen LogP contribution in [0.2, 0.25) is 0 Å². The number of aldehydes is 1. The lowest BCUT2D eigenvalue weighted by Gasteiger charge is -2.38. The number of carboxylic acids is 2. The minimum absolute atomic E-state index is 0.105. The average Bonchev–Trinajstić information content (AvgIpc) is 2.81. The van der Waals surface area contributed by atoms with E-state index in [1.165, 1.54) is 0 Å². The molecule has 9 atom stereocenters. The third-order valence-corrected chi connectivity index (χ3v) is 4.79. The summed E-state index contributed by atoms with van der Waals surface area (Å²) in [6, 6.07) is 4.33. The van der Waals surface area contributed by atoms with E-state index >= 15 is 0 Å². The van der Waals surface area contributed by atoms with E-state index < -0.39 is 73.0 Å². The zero-order valence-electron chi connectivity index (χ0n) is 17.0. The van der Waals surface area contributed by atoms with E-state index in [1.807, 2.05) is 0 Å². The van der Waals surface area contributed by atoms with Crippen LogP contribution in [0.25, 0.3) is 0 Å². The van der Waals surface area contributed by atoms with Gasteiger partial charge in [-0.2, -0.15) is 0 Å². The Kier molecular flexibility index (Phi) is 9.00. The van der Waals surface area contributed by atoms with Crippen molar-refractivity contribution in [1.29, 1.82) is 0 Å². The summed E-state index contributed by atoms with van der Waals surface area (Å²) in [5.74, 6) is -4.90. The van der Waals surface area contributed by atoms with Gasteiger partial charge in [-0.3, -0.25) is 0 Å². The lowest BCUT2D eigenvalue weighted by molar-refractivity contribution is -0.271. The van der Waals surface area contributed by atoms with Crippen LogP contribution >= 0.6 is 0 Å². The Balaban J connectivity index is 2.13. The van der Waals surface area contributed by atoms with Crippen LogP contribution in [0, 0.1) is 0 Å². The molecule has 0 saturated carbocycles. The highest BCUT2D eigenvalue weighted by atomic mass is 16.7. The Morgan fingerprint density at radius 3 is 2.03 bits per heavy atom. The van der Waals surface area contributed by atoms with Gasteiger partial charge in [-0.05, 0) is 24.3 Å². The lowest BCUT2D eigenvalue weighted by atomic mass is 9.99. The molecular formula is C19H22O15. The maximum absolute atomic E-state index is 12.3. The number of rotatable bonds is 10. The average molecular weight is 490 g/mol. The molecule has 0 bridgehead atoms. The summed E-state index contributed by atoms with van der Waals surface area (Å²) in [4.78, 5) is 45.1. The summed E-state index contributed by atoms with van der Waals surface area (Å²) in [6.07, 6.45) is -18.5. The van der Waals surface area contributed by atoms with Crippen LogP contribution < -0.4 is 4.74 Å². The normalized spacial score (nSPS) is 28.1. The third-order valence-electron chi connectivity index (χ3n) is 4.79. The number of aliphatic carboxylic acids is 2. The number of carbonyl (C=O) groups excluding carboxylic acids is 2. The molecule has 0 aliphatic carbocycles. The molecule has 1 fully saturated rings. The van der Waals surface area contributed by atoms with Crippen molar-refractivity contribution >= 4 is 24.2 Å². The van der Waals surface area contributed by atoms with Gasteiger partial charge in [0.1, 0.15) is 36.3 Å². The van der Waals surface area contributed by atoms with Crippen LogP contribution in [0.15, 0.2) is 24.3 Å². The third kappa shape index (κ3) is 6.03. The van der Waals surface area contributed by atoms with Crippen molar-refractivity contribution in [2.24, 2.45) is 0 Å². The zero-order valence-corrected chi connectivity index (χ0v) is 17.0. The van der Waals surface area contributed by atoms with E-state index in [0.29, 0.717) is 0 Å². The Hall–Kier alpha value is -3.18. The first-order valence-corrected chi connectivity index (χ1v) is 9.51. The number of hydrogen-bond acceptors (Lipinski definition) is 13. The van der Waals surface area contributed by atoms with Crippen molar-refractivity contribution in [1.82, 2.24) is 0 Å². The summed E-state index contributed by atoms with van der Waals surface area (Å²) < 4.78 is 14.9. The van der Waals surface area contributed by atoms with E-state index in [0.717, 1.165) is 24.3 Å². The van der Waals surface area contributed by atoms with Crippen LogP contribution in [0.1, 0.15) is 10.4 Å². The molecule has 15 nitrogen and oxygen atoms in total. The molecule has 1 aliphatic heterocycles. The molecule has 1 aromatic carbocycles. The van der Waals surface area contributed by atoms with E-state index in [-0.39, 0.29) is 17.6 Å². The van der Waals surface area contributed by atoms with Crippen LogP contribution in [0.3, 0.4) is 0 Å². The van der Waals surface area contributed by atoms with Crippen LogP contribution in [0.5, 0.6) is 5.75 Å². The molecule has 188 valence electrons. The van der Waals surface area contributed by atoms with Gasteiger partial charge in [-0.15, -0.1) is 0 Å². The first-order valence-electron chi connectivity index (χ1n) is 9.51. The second-order valence-electron chi connectivity index (χ2n) is 7.15. The molecule has 1 saturated heterocycles. The van der Waals surface area contributed by atoms with Crippen molar-refractivity contribution < 1.29 is 74.2 Å². The number of aliphatic hydroxyl groups is 6. The number of carboxylic acid groups (broad SMARTS) is 2. The minimum atomic E-state index is -2.48. The van der Waals surface area contributed by atoms with Crippen molar-refractivity contribution in [2.75, 3.05) is 0 Å². The summed E-state index contributed by atoms with van der Waals surface area (Å²) in [6.45, 7) is 0. The predicted octanol–water partition coefficient (Wildman–Crippen LogP) is -4.15. The standard InChI is InChI=1S/C19H22O15/c20-5-8(21)9(22)14(13(26)16(27)28)33-18(31)6-1-3-7(4-2-6)32-19-12(25)10(23)11(24)15(34-19)17(29)30/h1-5,8-15,19,21-26H,(H,27,28)(H,29,30). The zero-order chi connectivity index (χ0) is 25.7. The minimum Gasteiger partial charge on any atom is -0.479 e.